The number of rotatable bonds is 10. The zero-order chi connectivity index (χ0) is 30.1. The Morgan fingerprint density at radius 3 is 2.12 bits per heavy atom. The fourth-order valence-corrected chi connectivity index (χ4v) is 6.50. The molecule has 230 valence electrons. The maximum absolute atomic E-state index is 13.8. The lowest BCUT2D eigenvalue weighted by Gasteiger charge is -2.30. The predicted molar refractivity (Wildman–Crippen MR) is 157 cm³/mol. The molecule has 2 saturated heterocycles. The molecule has 42 heavy (non-hydrogen) atoms. The molecule has 3 N–H and O–H groups in total. The number of nitrogens with zero attached hydrogens (tertiary/aromatic N) is 4. The van der Waals surface area contributed by atoms with Crippen molar-refractivity contribution in [1.29, 1.82) is 0 Å². The Hall–Kier alpha value is -3.37. The molecule has 3 amide bonds. The van der Waals surface area contributed by atoms with Gasteiger partial charge in [-0.2, -0.15) is 0 Å². The Balaban J connectivity index is 1.29. The van der Waals surface area contributed by atoms with E-state index in [2.05, 4.69) is 34.1 Å². The van der Waals surface area contributed by atoms with Gasteiger partial charge in [0.15, 0.2) is 0 Å². The fourth-order valence-electron chi connectivity index (χ4n) is 6.50. The number of aromatic nitrogens is 4. The third kappa shape index (κ3) is 6.34. The zero-order valence-electron chi connectivity index (χ0n) is 25.9. The van der Waals surface area contributed by atoms with E-state index in [0.717, 1.165) is 48.8 Å². The molecule has 3 fully saturated rings. The largest absolute Gasteiger partial charge is 0.453 e. The van der Waals surface area contributed by atoms with Crippen molar-refractivity contribution in [3.63, 3.8) is 0 Å². The first-order chi connectivity index (χ1) is 20.1. The highest BCUT2D eigenvalue weighted by molar-refractivity contribution is 5.86. The van der Waals surface area contributed by atoms with Crippen molar-refractivity contribution in [2.75, 3.05) is 20.2 Å². The molecule has 11 nitrogen and oxygen atoms in total. The van der Waals surface area contributed by atoms with E-state index in [1.54, 1.807) is 0 Å². The van der Waals surface area contributed by atoms with E-state index in [0.29, 0.717) is 30.7 Å². The normalized spacial score (nSPS) is 24.0. The minimum Gasteiger partial charge on any atom is -0.453 e. The molecule has 5 rings (SSSR count). The number of ether oxygens (including phenoxy) is 1. The first kappa shape index (κ1) is 30.1. The number of imidazole rings is 2. The Bertz CT molecular complexity index is 1270. The van der Waals surface area contributed by atoms with Crippen molar-refractivity contribution in [3.05, 3.63) is 35.4 Å². The van der Waals surface area contributed by atoms with Gasteiger partial charge >= 0.3 is 6.09 Å². The molecular formula is C31H47N7O4. The summed E-state index contributed by atoms with van der Waals surface area (Å²) in [5.41, 5.74) is 1.89. The highest BCUT2D eigenvalue weighted by Crippen LogP contribution is 2.47. The number of carbonyl (C=O) groups is 3. The van der Waals surface area contributed by atoms with Crippen LogP contribution in [0.1, 0.15) is 102 Å². The number of carbonyl (C=O) groups excluding carboxylic acids is 3. The van der Waals surface area contributed by atoms with Gasteiger partial charge in [-0.25, -0.2) is 14.8 Å². The molecule has 2 aromatic rings. The number of hydrogen-bond donors (Lipinski definition) is 3. The molecule has 2 aliphatic heterocycles. The van der Waals surface area contributed by atoms with Crippen molar-refractivity contribution in [2.45, 2.75) is 91.3 Å². The first-order valence-electron chi connectivity index (χ1n) is 15.6. The molecule has 1 saturated carbocycles. The second-order valence-electron chi connectivity index (χ2n) is 13.2. The third-order valence-corrected chi connectivity index (χ3v) is 9.53. The average Bonchev–Trinajstić information content (AvgIpc) is 3.38. The molecule has 0 spiro atoms. The molecule has 4 heterocycles. The Kier molecular flexibility index (Phi) is 8.94. The zero-order valence-corrected chi connectivity index (χ0v) is 25.9. The van der Waals surface area contributed by atoms with Crippen LogP contribution in [0.15, 0.2) is 12.4 Å². The van der Waals surface area contributed by atoms with Gasteiger partial charge in [-0.15, -0.1) is 0 Å². The van der Waals surface area contributed by atoms with Gasteiger partial charge in [-0.3, -0.25) is 9.59 Å². The van der Waals surface area contributed by atoms with Crippen molar-refractivity contribution in [1.82, 2.24) is 35.1 Å². The van der Waals surface area contributed by atoms with E-state index < -0.39 is 12.1 Å². The minimum atomic E-state index is -0.665. The van der Waals surface area contributed by atoms with Gasteiger partial charge in [0.2, 0.25) is 11.8 Å². The highest BCUT2D eigenvalue weighted by Gasteiger charge is 2.46. The van der Waals surface area contributed by atoms with Gasteiger partial charge in [0.05, 0.1) is 19.2 Å². The summed E-state index contributed by atoms with van der Waals surface area (Å²) in [6.07, 6.45) is 8.85. The smallest absolute Gasteiger partial charge is 0.407 e. The lowest BCUT2D eigenvalue weighted by atomic mass is 9.96. The SMILES string of the molecule is COC(=O)N[C@H](C(=O)N1C[C@@H](C2CC2)C[C@H]1c1ncc(Cc2cnc([C@@H]3CCCN3C(=O)[C@@H](C)C(C)C)[nH]2)[nH]1)C(C)C. The maximum Gasteiger partial charge on any atom is 0.407 e. The molecular weight excluding hydrogens is 534 g/mol. The minimum absolute atomic E-state index is 0.0166. The van der Waals surface area contributed by atoms with Gasteiger partial charge in [0.1, 0.15) is 17.7 Å². The number of amides is 3. The fraction of sp³-hybridized carbons (Fsp3) is 0.710. The highest BCUT2D eigenvalue weighted by atomic mass is 16.5. The lowest BCUT2D eigenvalue weighted by Crippen LogP contribution is -2.51. The molecule has 0 radical (unpaired) electrons. The number of nitrogens with one attached hydrogen (secondary N) is 3. The lowest BCUT2D eigenvalue weighted by molar-refractivity contribution is -0.137. The number of aromatic amines is 2. The molecule has 11 heteroatoms. The monoisotopic (exact) mass is 581 g/mol. The van der Waals surface area contributed by atoms with Gasteiger partial charge < -0.3 is 29.8 Å². The van der Waals surface area contributed by atoms with E-state index in [4.69, 9.17) is 9.72 Å². The first-order valence-corrected chi connectivity index (χ1v) is 15.6. The third-order valence-electron chi connectivity index (χ3n) is 9.53. The maximum atomic E-state index is 13.8. The number of methoxy groups -OCH3 is 1. The summed E-state index contributed by atoms with van der Waals surface area (Å²) in [7, 11) is 1.31. The summed E-state index contributed by atoms with van der Waals surface area (Å²) in [4.78, 5) is 59.1. The summed E-state index contributed by atoms with van der Waals surface area (Å²) in [5.74, 6) is 3.00. The van der Waals surface area contributed by atoms with Crippen molar-refractivity contribution < 1.29 is 19.1 Å². The molecule has 5 atom stereocenters. The molecule has 0 unspecified atom stereocenters. The van der Waals surface area contributed by atoms with E-state index >= 15 is 0 Å². The Morgan fingerprint density at radius 2 is 1.55 bits per heavy atom. The van der Waals surface area contributed by atoms with Gasteiger partial charge in [0.25, 0.3) is 0 Å². The standard InChI is InChI=1S/C31H47N7O4/c1-17(2)19(5)29(39)37-11-7-8-24(37)27-32-14-22(34-27)13-23-15-33-28(35-23)25-12-21(20-9-10-20)16-38(25)30(40)26(18(3)4)36-31(41)42-6/h14-15,17-21,24-26H,7-13,16H2,1-6H3,(H,32,34)(H,33,35)(H,36,41)/t19-,21-,24-,25-,26-/m0/s1. The molecule has 3 aliphatic rings. The Morgan fingerprint density at radius 1 is 0.905 bits per heavy atom. The topological polar surface area (TPSA) is 136 Å². The van der Waals surface area contributed by atoms with Crippen LogP contribution < -0.4 is 5.32 Å². The van der Waals surface area contributed by atoms with E-state index in [1.807, 2.05) is 43.0 Å². The van der Waals surface area contributed by atoms with E-state index in [9.17, 15) is 14.4 Å². The van der Waals surface area contributed by atoms with Crippen LogP contribution in [0.3, 0.4) is 0 Å². The van der Waals surface area contributed by atoms with Crippen LogP contribution in [0.2, 0.25) is 0 Å². The molecule has 0 bridgehead atoms. The number of likely N-dealkylation sites (tertiary alicyclic amines) is 2. The van der Waals surface area contributed by atoms with Crippen molar-refractivity contribution >= 4 is 17.9 Å². The van der Waals surface area contributed by atoms with Gasteiger partial charge in [0, 0.05) is 49.2 Å². The molecule has 0 aromatic carbocycles. The predicted octanol–water partition coefficient (Wildman–Crippen LogP) is 4.36. The van der Waals surface area contributed by atoms with Crippen LogP contribution in [0.5, 0.6) is 0 Å². The van der Waals surface area contributed by atoms with Crippen LogP contribution in [-0.2, 0) is 20.7 Å². The van der Waals surface area contributed by atoms with E-state index in [-0.39, 0.29) is 35.7 Å². The molecule has 1 aliphatic carbocycles. The van der Waals surface area contributed by atoms with E-state index in [1.165, 1.54) is 20.0 Å². The summed E-state index contributed by atoms with van der Waals surface area (Å²) in [6, 6.07) is -0.855. The van der Waals surface area contributed by atoms with Crippen LogP contribution in [0.25, 0.3) is 0 Å². The summed E-state index contributed by atoms with van der Waals surface area (Å²) >= 11 is 0. The summed E-state index contributed by atoms with van der Waals surface area (Å²) in [6.45, 7) is 11.5. The Labute approximate surface area is 248 Å². The van der Waals surface area contributed by atoms with Crippen LogP contribution in [0, 0.1) is 29.6 Å². The summed E-state index contributed by atoms with van der Waals surface area (Å²) in [5, 5.41) is 2.74. The van der Waals surface area contributed by atoms with Gasteiger partial charge in [-0.1, -0.05) is 34.6 Å². The average molecular weight is 582 g/mol. The molecule has 2 aromatic heterocycles. The number of hydrogen-bond acceptors (Lipinski definition) is 6. The second-order valence-corrected chi connectivity index (χ2v) is 13.2. The van der Waals surface area contributed by atoms with Crippen molar-refractivity contribution in [2.24, 2.45) is 29.6 Å². The van der Waals surface area contributed by atoms with Gasteiger partial charge in [-0.05, 0) is 55.8 Å². The quantitative estimate of drug-likeness (QED) is 0.381. The number of alkyl carbamates (subject to hydrolysis) is 1. The van der Waals surface area contributed by atoms with Crippen molar-refractivity contribution in [3.8, 4) is 0 Å². The van der Waals surface area contributed by atoms with Crippen LogP contribution >= 0.6 is 0 Å². The second kappa shape index (κ2) is 12.5. The number of H-pyrrole nitrogens is 2. The van der Waals surface area contributed by atoms with Crippen LogP contribution in [0.4, 0.5) is 4.79 Å². The summed E-state index contributed by atoms with van der Waals surface area (Å²) < 4.78 is 4.79. The van der Waals surface area contributed by atoms with Crippen LogP contribution in [-0.4, -0.2) is 73.9 Å².